The molecule has 0 saturated heterocycles. The summed E-state index contributed by atoms with van der Waals surface area (Å²) in [5, 5.41) is 10.4. The molecule has 3 rings (SSSR count). The molecule has 0 bridgehead atoms. The molecular formula is C17H10N2O4S2. The number of carbonyl (C=O) groups excluding carboxylic acids is 2. The standard InChI is InChI=1S/C17H10N2O4S2/c20-15-14(9-11-5-2-1-3-6-11)24-17(18-15)25-16(21)12-7-4-8-13(10-12)19(22)23/h1-10H/b14-9+. The first-order valence-electron chi connectivity index (χ1n) is 7.07. The van der Waals surface area contributed by atoms with Gasteiger partial charge < -0.3 is 0 Å². The summed E-state index contributed by atoms with van der Waals surface area (Å²) in [6, 6.07) is 14.8. The van der Waals surface area contributed by atoms with Gasteiger partial charge in [0.1, 0.15) is 4.38 Å². The molecule has 124 valence electrons. The van der Waals surface area contributed by atoms with Gasteiger partial charge in [-0.15, -0.1) is 0 Å². The molecule has 0 atom stereocenters. The van der Waals surface area contributed by atoms with Crippen molar-refractivity contribution < 1.29 is 14.5 Å². The maximum atomic E-state index is 12.3. The van der Waals surface area contributed by atoms with E-state index in [1.807, 2.05) is 30.3 Å². The van der Waals surface area contributed by atoms with Gasteiger partial charge >= 0.3 is 0 Å². The van der Waals surface area contributed by atoms with Gasteiger partial charge in [-0.3, -0.25) is 19.7 Å². The number of hydrogen-bond acceptors (Lipinski definition) is 6. The number of nitrogens with zero attached hydrogens (tertiary/aromatic N) is 2. The van der Waals surface area contributed by atoms with E-state index in [1.54, 1.807) is 6.08 Å². The molecule has 0 spiro atoms. The van der Waals surface area contributed by atoms with Crippen molar-refractivity contribution in [1.82, 2.24) is 0 Å². The number of nitro benzene ring substituents is 1. The van der Waals surface area contributed by atoms with Crippen LogP contribution >= 0.6 is 23.5 Å². The fourth-order valence-electron chi connectivity index (χ4n) is 2.02. The van der Waals surface area contributed by atoms with Crippen LogP contribution in [0.15, 0.2) is 64.5 Å². The van der Waals surface area contributed by atoms with Gasteiger partial charge in [0.15, 0.2) is 0 Å². The summed E-state index contributed by atoms with van der Waals surface area (Å²) < 4.78 is 0.309. The highest BCUT2D eigenvalue weighted by Gasteiger charge is 2.25. The lowest BCUT2D eigenvalue weighted by molar-refractivity contribution is -0.384. The quantitative estimate of drug-likeness (QED) is 0.458. The first kappa shape index (κ1) is 17.1. The van der Waals surface area contributed by atoms with Gasteiger partial charge in [-0.05, 0) is 29.5 Å². The molecule has 2 aromatic carbocycles. The average molecular weight is 370 g/mol. The summed E-state index contributed by atoms with van der Waals surface area (Å²) in [6.07, 6.45) is 1.71. The number of thioether (sulfide) groups is 2. The second kappa shape index (κ2) is 7.45. The van der Waals surface area contributed by atoms with E-state index in [0.29, 0.717) is 9.28 Å². The van der Waals surface area contributed by atoms with Crippen molar-refractivity contribution in [3.05, 3.63) is 80.7 Å². The number of hydrogen-bond donors (Lipinski definition) is 0. The van der Waals surface area contributed by atoms with E-state index in [9.17, 15) is 19.7 Å². The Bertz CT molecular complexity index is 923. The molecule has 0 unspecified atom stereocenters. The van der Waals surface area contributed by atoms with Crippen LogP contribution < -0.4 is 0 Å². The molecule has 8 heteroatoms. The molecule has 1 heterocycles. The summed E-state index contributed by atoms with van der Waals surface area (Å²) in [5.74, 6) is -0.400. The highest BCUT2D eigenvalue weighted by Crippen LogP contribution is 2.35. The highest BCUT2D eigenvalue weighted by atomic mass is 32.2. The van der Waals surface area contributed by atoms with E-state index in [4.69, 9.17) is 0 Å². The van der Waals surface area contributed by atoms with Gasteiger partial charge in [-0.2, -0.15) is 4.99 Å². The predicted octanol–water partition coefficient (Wildman–Crippen LogP) is 4.14. The number of benzene rings is 2. The van der Waals surface area contributed by atoms with Crippen molar-refractivity contribution in [2.24, 2.45) is 4.99 Å². The molecule has 0 aliphatic carbocycles. The Balaban J connectivity index is 1.72. The Morgan fingerprint density at radius 1 is 1.16 bits per heavy atom. The second-order valence-electron chi connectivity index (χ2n) is 4.90. The minimum absolute atomic E-state index is 0.159. The Morgan fingerprint density at radius 2 is 1.92 bits per heavy atom. The fraction of sp³-hybridized carbons (Fsp3) is 0. The van der Waals surface area contributed by atoms with E-state index in [2.05, 4.69) is 4.99 Å². The topological polar surface area (TPSA) is 89.6 Å². The van der Waals surface area contributed by atoms with Crippen LogP contribution in [0, 0.1) is 10.1 Å². The van der Waals surface area contributed by atoms with Gasteiger partial charge in [0, 0.05) is 17.7 Å². The number of carbonyl (C=O) groups is 2. The normalized spacial score (nSPS) is 15.3. The summed E-state index contributed by atoms with van der Waals surface area (Å²) in [7, 11) is 0. The zero-order valence-corrected chi connectivity index (χ0v) is 14.3. The number of rotatable bonds is 3. The Hall–Kier alpha value is -2.71. The molecule has 0 saturated carbocycles. The van der Waals surface area contributed by atoms with Crippen LogP contribution in [0.2, 0.25) is 0 Å². The van der Waals surface area contributed by atoms with Crippen LogP contribution in [-0.4, -0.2) is 20.3 Å². The molecular weight excluding hydrogens is 360 g/mol. The molecule has 0 aromatic heterocycles. The molecule has 1 amide bonds. The minimum atomic E-state index is -0.562. The van der Waals surface area contributed by atoms with Crippen LogP contribution in [0.5, 0.6) is 0 Å². The summed E-state index contributed by atoms with van der Waals surface area (Å²) in [6.45, 7) is 0. The first-order valence-corrected chi connectivity index (χ1v) is 8.70. The van der Waals surface area contributed by atoms with Crippen LogP contribution in [0.4, 0.5) is 5.69 Å². The summed E-state index contributed by atoms with van der Waals surface area (Å²) in [5.41, 5.74) is 0.897. The number of aliphatic imine (C=N–C) groups is 1. The van der Waals surface area contributed by atoms with Gasteiger partial charge in [-0.1, -0.05) is 48.2 Å². The third-order valence-electron chi connectivity index (χ3n) is 3.17. The zero-order chi connectivity index (χ0) is 17.8. The minimum Gasteiger partial charge on any atom is -0.281 e. The Labute approximate surface area is 151 Å². The summed E-state index contributed by atoms with van der Waals surface area (Å²) in [4.78, 5) is 38.7. The van der Waals surface area contributed by atoms with E-state index >= 15 is 0 Å². The number of non-ortho nitro benzene ring substituents is 1. The van der Waals surface area contributed by atoms with Crippen molar-refractivity contribution in [3.63, 3.8) is 0 Å². The number of amides is 1. The Kier molecular flexibility index (Phi) is 5.11. The maximum Gasteiger partial charge on any atom is 0.285 e. The van der Waals surface area contributed by atoms with Crippen LogP contribution in [0.25, 0.3) is 6.08 Å². The molecule has 6 nitrogen and oxygen atoms in total. The molecule has 1 aliphatic heterocycles. The van der Waals surface area contributed by atoms with Crippen molar-refractivity contribution in [2.45, 2.75) is 0 Å². The molecule has 0 N–H and O–H groups in total. The number of nitro groups is 1. The monoisotopic (exact) mass is 370 g/mol. The SMILES string of the molecule is O=C1N=C(SC(=O)c2cccc([N+](=O)[O-])c2)S/C1=C/c1ccccc1. The van der Waals surface area contributed by atoms with Crippen LogP contribution in [0.3, 0.4) is 0 Å². The smallest absolute Gasteiger partial charge is 0.281 e. The molecule has 1 aliphatic rings. The average Bonchev–Trinajstić information content (AvgIpc) is 2.95. The lowest BCUT2D eigenvalue weighted by Crippen LogP contribution is -1.98. The first-order chi connectivity index (χ1) is 12.0. The van der Waals surface area contributed by atoms with E-state index < -0.39 is 15.9 Å². The van der Waals surface area contributed by atoms with Crippen molar-refractivity contribution in [1.29, 1.82) is 0 Å². The largest absolute Gasteiger partial charge is 0.285 e. The third kappa shape index (κ3) is 4.23. The summed E-state index contributed by atoms with van der Waals surface area (Å²) >= 11 is 1.91. The Morgan fingerprint density at radius 3 is 2.64 bits per heavy atom. The van der Waals surface area contributed by atoms with Gasteiger partial charge in [-0.25, -0.2) is 0 Å². The van der Waals surface area contributed by atoms with E-state index in [1.165, 1.54) is 24.3 Å². The van der Waals surface area contributed by atoms with E-state index in [0.717, 1.165) is 29.1 Å². The van der Waals surface area contributed by atoms with E-state index in [-0.39, 0.29) is 11.3 Å². The fourth-order valence-corrected chi connectivity index (χ4v) is 3.86. The van der Waals surface area contributed by atoms with Crippen molar-refractivity contribution in [3.8, 4) is 0 Å². The van der Waals surface area contributed by atoms with Crippen LogP contribution in [-0.2, 0) is 4.79 Å². The third-order valence-corrected chi connectivity index (χ3v) is 5.14. The lowest BCUT2D eigenvalue weighted by Gasteiger charge is -2.00. The van der Waals surface area contributed by atoms with Crippen molar-refractivity contribution >= 4 is 50.7 Å². The highest BCUT2D eigenvalue weighted by molar-refractivity contribution is 8.46. The molecule has 2 aromatic rings. The predicted molar refractivity (Wildman–Crippen MR) is 99.5 cm³/mol. The van der Waals surface area contributed by atoms with Crippen molar-refractivity contribution in [2.75, 3.05) is 0 Å². The van der Waals surface area contributed by atoms with Crippen LogP contribution in [0.1, 0.15) is 15.9 Å². The van der Waals surface area contributed by atoms with Gasteiger partial charge in [0.2, 0.25) is 5.12 Å². The molecule has 0 fully saturated rings. The maximum absolute atomic E-state index is 12.3. The molecule has 25 heavy (non-hydrogen) atoms. The second-order valence-corrected chi connectivity index (χ2v) is 7.15. The zero-order valence-electron chi connectivity index (χ0n) is 12.6. The van der Waals surface area contributed by atoms with Gasteiger partial charge in [0.05, 0.1) is 9.83 Å². The lowest BCUT2D eigenvalue weighted by atomic mass is 10.2. The molecule has 0 radical (unpaired) electrons. The van der Waals surface area contributed by atoms with Gasteiger partial charge in [0.25, 0.3) is 11.6 Å².